The maximum absolute atomic E-state index is 12.4. The van der Waals surface area contributed by atoms with Crippen molar-refractivity contribution in [2.24, 2.45) is 0 Å². The van der Waals surface area contributed by atoms with Gasteiger partial charge in [0.05, 0.1) is 21.9 Å². The summed E-state index contributed by atoms with van der Waals surface area (Å²) in [6, 6.07) is 4.17. The first kappa shape index (κ1) is 16.2. The van der Waals surface area contributed by atoms with Crippen LogP contribution in [0, 0.1) is 6.92 Å². The van der Waals surface area contributed by atoms with Crippen LogP contribution in [0.4, 0.5) is 11.4 Å². The molecule has 0 aliphatic rings. The Balaban J connectivity index is 2.46. The largest absolute Gasteiger partial charge is 0.399 e. The molecule has 0 bridgehead atoms. The van der Waals surface area contributed by atoms with Gasteiger partial charge in [-0.15, -0.1) is 0 Å². The molecule has 112 valence electrons. The van der Waals surface area contributed by atoms with Crippen molar-refractivity contribution in [2.75, 3.05) is 10.5 Å². The second-order valence-electron chi connectivity index (χ2n) is 4.25. The van der Waals surface area contributed by atoms with E-state index in [1.165, 1.54) is 18.3 Å². The van der Waals surface area contributed by atoms with Crippen LogP contribution in [0.15, 0.2) is 29.3 Å². The molecule has 0 spiro atoms. The summed E-state index contributed by atoms with van der Waals surface area (Å²) in [6.45, 7) is 1.70. The van der Waals surface area contributed by atoms with Crippen LogP contribution in [0.25, 0.3) is 0 Å². The van der Waals surface area contributed by atoms with Gasteiger partial charge in [0.15, 0.2) is 0 Å². The number of halogens is 3. The van der Waals surface area contributed by atoms with Crippen molar-refractivity contribution in [3.05, 3.63) is 45.2 Å². The van der Waals surface area contributed by atoms with Gasteiger partial charge in [-0.1, -0.05) is 34.8 Å². The predicted molar refractivity (Wildman–Crippen MR) is 85.7 cm³/mol. The monoisotopic (exact) mass is 365 g/mol. The molecule has 0 amide bonds. The molecule has 5 nitrogen and oxygen atoms in total. The lowest BCUT2D eigenvalue weighted by Gasteiger charge is -2.12. The number of aryl methyl sites for hydroxylation is 1. The van der Waals surface area contributed by atoms with E-state index in [0.29, 0.717) is 10.7 Å². The van der Waals surface area contributed by atoms with Crippen molar-refractivity contribution >= 4 is 56.2 Å². The molecular formula is C12H10Cl3N3O2S. The Bertz CT molecular complexity index is 786. The Hall–Kier alpha value is -1.21. The van der Waals surface area contributed by atoms with Crippen LogP contribution < -0.4 is 10.5 Å². The number of nitrogens with two attached hydrogens (primary N) is 1. The fourth-order valence-corrected chi connectivity index (χ4v) is 4.03. The van der Waals surface area contributed by atoms with Crippen LogP contribution in [0.2, 0.25) is 15.2 Å². The van der Waals surface area contributed by atoms with Crippen LogP contribution in [0.3, 0.4) is 0 Å². The Morgan fingerprint density at radius 1 is 1.14 bits per heavy atom. The van der Waals surface area contributed by atoms with E-state index in [0.717, 1.165) is 0 Å². The van der Waals surface area contributed by atoms with E-state index in [1.54, 1.807) is 13.0 Å². The van der Waals surface area contributed by atoms with Crippen LogP contribution >= 0.6 is 34.8 Å². The summed E-state index contributed by atoms with van der Waals surface area (Å²) in [7, 11) is -3.97. The Morgan fingerprint density at radius 3 is 2.24 bits per heavy atom. The Labute approximate surface area is 137 Å². The van der Waals surface area contributed by atoms with E-state index in [1.807, 2.05) is 0 Å². The second kappa shape index (κ2) is 5.88. The van der Waals surface area contributed by atoms with Crippen molar-refractivity contribution in [2.45, 2.75) is 11.8 Å². The molecule has 1 aromatic carbocycles. The van der Waals surface area contributed by atoms with Crippen molar-refractivity contribution in [3.8, 4) is 0 Å². The van der Waals surface area contributed by atoms with Crippen molar-refractivity contribution in [1.29, 1.82) is 0 Å². The number of hydrogen-bond acceptors (Lipinski definition) is 4. The summed E-state index contributed by atoms with van der Waals surface area (Å²) in [5, 5.41) is 0.166. The van der Waals surface area contributed by atoms with Gasteiger partial charge in [-0.25, -0.2) is 13.4 Å². The van der Waals surface area contributed by atoms with E-state index in [2.05, 4.69) is 9.71 Å². The number of aromatic nitrogens is 1. The lowest BCUT2D eigenvalue weighted by Crippen LogP contribution is -2.14. The van der Waals surface area contributed by atoms with Crippen LogP contribution in [0.1, 0.15) is 5.56 Å². The van der Waals surface area contributed by atoms with Crippen LogP contribution in [0.5, 0.6) is 0 Å². The third-order valence-electron chi connectivity index (χ3n) is 2.56. The van der Waals surface area contributed by atoms with E-state index in [4.69, 9.17) is 40.5 Å². The quantitative estimate of drug-likeness (QED) is 0.640. The first-order valence-corrected chi connectivity index (χ1v) is 8.22. The van der Waals surface area contributed by atoms with E-state index < -0.39 is 10.0 Å². The van der Waals surface area contributed by atoms with Gasteiger partial charge >= 0.3 is 0 Å². The Morgan fingerprint density at radius 2 is 1.71 bits per heavy atom. The van der Waals surface area contributed by atoms with E-state index >= 15 is 0 Å². The van der Waals surface area contributed by atoms with Gasteiger partial charge < -0.3 is 5.73 Å². The van der Waals surface area contributed by atoms with Gasteiger partial charge in [0.1, 0.15) is 10.0 Å². The fraction of sp³-hybridized carbons (Fsp3) is 0.0833. The number of hydrogen-bond donors (Lipinski definition) is 2. The van der Waals surface area contributed by atoms with Gasteiger partial charge in [-0.3, -0.25) is 4.72 Å². The maximum Gasteiger partial charge on any atom is 0.264 e. The predicted octanol–water partition coefficient (Wildman–Crippen LogP) is 3.73. The maximum atomic E-state index is 12.4. The highest BCUT2D eigenvalue weighted by atomic mass is 35.5. The van der Waals surface area contributed by atoms with Gasteiger partial charge in [0.2, 0.25) is 0 Å². The summed E-state index contributed by atoms with van der Waals surface area (Å²) in [5.41, 5.74) is 6.70. The summed E-state index contributed by atoms with van der Waals surface area (Å²) in [6.07, 6.45) is 1.30. The van der Waals surface area contributed by atoms with E-state index in [-0.39, 0.29) is 26.3 Å². The second-order valence-corrected chi connectivity index (χ2v) is 7.04. The first-order chi connectivity index (χ1) is 9.70. The fourth-order valence-electron chi connectivity index (χ4n) is 1.66. The number of pyridine rings is 1. The third-order valence-corrected chi connectivity index (χ3v) is 5.25. The molecule has 0 radical (unpaired) electrons. The lowest BCUT2D eigenvalue weighted by molar-refractivity contribution is 0.601. The molecule has 2 aromatic rings. The number of nitrogen functional groups attached to an aromatic ring is 1. The molecule has 3 N–H and O–H groups in total. The highest BCUT2D eigenvalue weighted by Gasteiger charge is 2.22. The average Bonchev–Trinajstić information content (AvgIpc) is 2.31. The molecule has 0 atom stereocenters. The standard InChI is InChI=1S/C12H10Cl3N3O2S/c1-6-2-8(5-17-12(6)15)18-21(19,20)11-9(13)3-7(16)4-10(11)14/h2-5,18H,16H2,1H3. The number of anilines is 2. The number of benzene rings is 1. The minimum Gasteiger partial charge on any atom is -0.399 e. The van der Waals surface area contributed by atoms with Gasteiger partial charge in [0, 0.05) is 5.69 Å². The zero-order chi connectivity index (χ0) is 15.8. The van der Waals surface area contributed by atoms with Crippen LogP contribution in [-0.4, -0.2) is 13.4 Å². The molecule has 0 fully saturated rings. The highest BCUT2D eigenvalue weighted by Crippen LogP contribution is 2.33. The molecule has 0 unspecified atom stereocenters. The summed E-state index contributed by atoms with van der Waals surface area (Å²) >= 11 is 17.6. The van der Waals surface area contributed by atoms with Crippen molar-refractivity contribution in [3.63, 3.8) is 0 Å². The summed E-state index contributed by atoms with van der Waals surface area (Å²) < 4.78 is 27.1. The number of nitrogens with zero attached hydrogens (tertiary/aromatic N) is 1. The lowest BCUT2D eigenvalue weighted by atomic mass is 10.3. The van der Waals surface area contributed by atoms with Crippen LogP contribution in [-0.2, 0) is 10.0 Å². The zero-order valence-corrected chi connectivity index (χ0v) is 13.8. The molecule has 0 saturated heterocycles. The molecule has 1 heterocycles. The molecular weight excluding hydrogens is 357 g/mol. The van der Waals surface area contributed by atoms with E-state index in [9.17, 15) is 8.42 Å². The number of nitrogens with one attached hydrogen (secondary N) is 1. The number of rotatable bonds is 3. The number of sulfonamides is 1. The normalized spacial score (nSPS) is 11.4. The van der Waals surface area contributed by atoms with Gasteiger partial charge in [-0.05, 0) is 30.7 Å². The SMILES string of the molecule is Cc1cc(NS(=O)(=O)c2c(Cl)cc(N)cc2Cl)cnc1Cl. The van der Waals surface area contributed by atoms with Gasteiger partial charge in [-0.2, -0.15) is 0 Å². The Kier molecular flexibility index (Phi) is 4.53. The zero-order valence-electron chi connectivity index (χ0n) is 10.7. The first-order valence-electron chi connectivity index (χ1n) is 5.60. The molecule has 0 saturated carbocycles. The minimum absolute atomic E-state index is 0.0638. The molecule has 0 aliphatic heterocycles. The molecule has 21 heavy (non-hydrogen) atoms. The smallest absolute Gasteiger partial charge is 0.264 e. The summed E-state index contributed by atoms with van der Waals surface area (Å²) in [4.78, 5) is 3.63. The molecule has 9 heteroatoms. The molecule has 0 aliphatic carbocycles. The third kappa shape index (κ3) is 3.52. The topological polar surface area (TPSA) is 85.1 Å². The van der Waals surface area contributed by atoms with Gasteiger partial charge in [0.25, 0.3) is 10.0 Å². The molecule has 1 aromatic heterocycles. The summed E-state index contributed by atoms with van der Waals surface area (Å²) in [5.74, 6) is 0. The van der Waals surface area contributed by atoms with Crippen molar-refractivity contribution < 1.29 is 8.42 Å². The minimum atomic E-state index is -3.97. The van der Waals surface area contributed by atoms with Crippen molar-refractivity contribution in [1.82, 2.24) is 4.98 Å². The average molecular weight is 367 g/mol. The molecule has 2 rings (SSSR count). The highest BCUT2D eigenvalue weighted by molar-refractivity contribution is 7.93.